The molecule has 0 saturated heterocycles. The Kier molecular flexibility index (Phi) is 6.39. The molecule has 6 heteroatoms. The molecule has 0 spiro atoms. The second-order valence-corrected chi connectivity index (χ2v) is 8.89. The average Bonchev–Trinajstić information content (AvgIpc) is 3.43. The summed E-state index contributed by atoms with van der Waals surface area (Å²) in [6.45, 7) is 12.1. The van der Waals surface area contributed by atoms with E-state index < -0.39 is 0 Å². The molecule has 0 amide bonds. The van der Waals surface area contributed by atoms with Crippen LogP contribution in [0, 0.1) is 0 Å². The third kappa shape index (κ3) is 4.12. The summed E-state index contributed by atoms with van der Waals surface area (Å²) in [4.78, 5) is 22.0. The van der Waals surface area contributed by atoms with Crippen LogP contribution >= 0.6 is 0 Å². The fraction of sp³-hybridized carbons (Fsp3) is 0.345. The van der Waals surface area contributed by atoms with E-state index in [1.165, 1.54) is 10.9 Å². The molecule has 3 aromatic carbocycles. The number of fused-ring (bicyclic) bond motifs is 6. The first-order valence-electron chi connectivity index (χ1n) is 12.6. The number of aromatic amines is 2. The molecule has 0 saturated carbocycles. The first-order valence-corrected chi connectivity index (χ1v) is 12.6. The van der Waals surface area contributed by atoms with Gasteiger partial charge < -0.3 is 24.3 Å². The van der Waals surface area contributed by atoms with Gasteiger partial charge in [-0.15, -0.1) is 0 Å². The second kappa shape index (κ2) is 9.62. The molecule has 182 valence electrons. The van der Waals surface area contributed by atoms with Gasteiger partial charge in [-0.25, -0.2) is 4.79 Å². The van der Waals surface area contributed by atoms with E-state index >= 15 is 0 Å². The van der Waals surface area contributed by atoms with Gasteiger partial charge in [0.25, 0.3) is 0 Å². The Labute approximate surface area is 205 Å². The Hall–Kier alpha value is -3.51. The summed E-state index contributed by atoms with van der Waals surface area (Å²) >= 11 is 0. The molecule has 0 aliphatic heterocycles. The predicted octanol–water partition coefficient (Wildman–Crippen LogP) is 6.42. The van der Waals surface area contributed by atoms with Crippen molar-refractivity contribution in [1.82, 2.24) is 14.9 Å². The lowest BCUT2D eigenvalue weighted by Crippen LogP contribution is -2.27. The van der Waals surface area contributed by atoms with E-state index in [9.17, 15) is 4.79 Å². The number of carbonyl (C=O) groups excluding carboxylic acids is 1. The molecule has 0 aliphatic rings. The number of hydrogen-bond donors (Lipinski definition) is 2. The summed E-state index contributed by atoms with van der Waals surface area (Å²) in [6, 6.07) is 14.5. The number of nitrogens with zero attached hydrogens (tertiary/aromatic N) is 1. The van der Waals surface area contributed by atoms with Crippen molar-refractivity contribution in [2.24, 2.45) is 0 Å². The maximum absolute atomic E-state index is 12.4. The van der Waals surface area contributed by atoms with Gasteiger partial charge in [-0.3, -0.25) is 0 Å². The number of likely N-dealkylation sites (N-methyl/N-ethyl adjacent to an activating group) is 1. The maximum atomic E-state index is 12.4. The second-order valence-electron chi connectivity index (χ2n) is 8.89. The van der Waals surface area contributed by atoms with Crippen LogP contribution in [0.25, 0.3) is 43.6 Å². The predicted molar refractivity (Wildman–Crippen MR) is 144 cm³/mol. The van der Waals surface area contributed by atoms with Crippen LogP contribution in [0.5, 0.6) is 5.75 Å². The highest BCUT2D eigenvalue weighted by atomic mass is 16.5. The minimum atomic E-state index is -0.305. The number of nitrogens with one attached hydrogen (secondary N) is 2. The largest absolute Gasteiger partial charge is 0.488 e. The highest BCUT2D eigenvalue weighted by molar-refractivity contribution is 6.21. The fourth-order valence-corrected chi connectivity index (χ4v) is 4.92. The molecule has 35 heavy (non-hydrogen) atoms. The highest BCUT2D eigenvalue weighted by Crippen LogP contribution is 2.41. The van der Waals surface area contributed by atoms with Crippen molar-refractivity contribution in [3.05, 3.63) is 53.6 Å². The van der Waals surface area contributed by atoms with Gasteiger partial charge in [0.1, 0.15) is 6.61 Å². The highest BCUT2D eigenvalue weighted by Gasteiger charge is 2.19. The zero-order valence-corrected chi connectivity index (χ0v) is 21.0. The number of aromatic nitrogens is 2. The molecular weight excluding hydrogens is 438 g/mol. The van der Waals surface area contributed by atoms with E-state index in [1.807, 2.05) is 25.1 Å². The number of benzene rings is 3. The maximum Gasteiger partial charge on any atom is 0.338 e. The lowest BCUT2D eigenvalue weighted by Gasteiger charge is -2.18. The molecule has 0 radical (unpaired) electrons. The summed E-state index contributed by atoms with van der Waals surface area (Å²) < 4.78 is 11.7. The summed E-state index contributed by atoms with van der Waals surface area (Å²) in [5.74, 6) is 0.521. The van der Waals surface area contributed by atoms with Gasteiger partial charge in [0.15, 0.2) is 5.75 Å². The van der Waals surface area contributed by atoms with Crippen LogP contribution in [0.1, 0.15) is 43.6 Å². The molecule has 2 N–H and O–H groups in total. The Morgan fingerprint density at radius 1 is 0.829 bits per heavy atom. The van der Waals surface area contributed by atoms with Gasteiger partial charge in [0.2, 0.25) is 0 Å². The number of aryl methyl sites for hydroxylation is 1. The van der Waals surface area contributed by atoms with Crippen molar-refractivity contribution in [2.45, 2.75) is 34.1 Å². The van der Waals surface area contributed by atoms with Crippen LogP contribution in [0.4, 0.5) is 0 Å². The van der Waals surface area contributed by atoms with Crippen LogP contribution in [-0.2, 0) is 11.2 Å². The quantitative estimate of drug-likeness (QED) is 0.244. The zero-order valence-electron chi connectivity index (χ0n) is 21.0. The van der Waals surface area contributed by atoms with Crippen LogP contribution < -0.4 is 4.74 Å². The van der Waals surface area contributed by atoms with Crippen molar-refractivity contribution in [3.63, 3.8) is 0 Å². The fourth-order valence-electron chi connectivity index (χ4n) is 4.92. The van der Waals surface area contributed by atoms with Gasteiger partial charge in [-0.2, -0.15) is 0 Å². The van der Waals surface area contributed by atoms with E-state index in [-0.39, 0.29) is 5.97 Å². The number of esters is 1. The summed E-state index contributed by atoms with van der Waals surface area (Å²) in [5, 5.41) is 4.34. The Morgan fingerprint density at radius 2 is 1.49 bits per heavy atom. The average molecular weight is 472 g/mol. The molecule has 0 aliphatic carbocycles. The van der Waals surface area contributed by atoms with E-state index in [2.05, 4.69) is 59.9 Å². The minimum absolute atomic E-state index is 0.305. The van der Waals surface area contributed by atoms with Crippen LogP contribution in [-0.4, -0.2) is 53.7 Å². The standard InChI is InChI=1S/C29H33N3O3/c1-5-18-9-11-24-20(15-18)22-17-23-21-16-19(29(33)34-8-4)10-12-25(21)31-27(23)28(26(22)30-24)35-14-13-32(6-2)7-3/h9-12,15-17,30-31H,5-8,13-14H2,1-4H3. The van der Waals surface area contributed by atoms with E-state index in [0.717, 1.165) is 70.0 Å². The normalized spacial score (nSPS) is 11.9. The third-order valence-electron chi connectivity index (χ3n) is 6.95. The number of hydrogen-bond acceptors (Lipinski definition) is 4. The number of ether oxygens (including phenoxy) is 2. The number of rotatable bonds is 9. The first-order chi connectivity index (χ1) is 17.1. The molecule has 0 unspecified atom stereocenters. The van der Waals surface area contributed by atoms with Crippen LogP contribution in [0.3, 0.4) is 0 Å². The van der Waals surface area contributed by atoms with Crippen LogP contribution in [0.2, 0.25) is 0 Å². The third-order valence-corrected chi connectivity index (χ3v) is 6.95. The molecule has 0 atom stereocenters. The number of carbonyl (C=O) groups is 1. The van der Waals surface area contributed by atoms with Crippen molar-refractivity contribution >= 4 is 49.6 Å². The Bertz CT molecular complexity index is 1520. The van der Waals surface area contributed by atoms with Gasteiger partial charge in [-0.05, 0) is 68.4 Å². The minimum Gasteiger partial charge on any atom is -0.488 e. The molecule has 0 bridgehead atoms. The summed E-state index contributed by atoms with van der Waals surface area (Å²) in [5.41, 5.74) is 5.85. The van der Waals surface area contributed by atoms with Crippen molar-refractivity contribution in [2.75, 3.05) is 32.8 Å². The molecule has 2 aromatic heterocycles. The molecule has 5 aromatic rings. The summed E-state index contributed by atoms with van der Waals surface area (Å²) in [6.07, 6.45) is 0.980. The Morgan fingerprint density at radius 3 is 2.11 bits per heavy atom. The lowest BCUT2D eigenvalue weighted by atomic mass is 10.0. The van der Waals surface area contributed by atoms with E-state index in [0.29, 0.717) is 18.8 Å². The van der Waals surface area contributed by atoms with Crippen molar-refractivity contribution in [1.29, 1.82) is 0 Å². The van der Waals surface area contributed by atoms with Gasteiger partial charge in [-0.1, -0.05) is 26.8 Å². The monoisotopic (exact) mass is 471 g/mol. The molecule has 5 rings (SSSR count). The van der Waals surface area contributed by atoms with Gasteiger partial charge >= 0.3 is 5.97 Å². The molecule has 6 nitrogen and oxygen atoms in total. The lowest BCUT2D eigenvalue weighted by molar-refractivity contribution is 0.0526. The first kappa shape index (κ1) is 23.2. The SMILES string of the molecule is CCOC(=O)c1ccc2[nH]c3c(OCCN(CC)CC)c4[nH]c5ccc(CC)cc5c4cc3c2c1. The molecular formula is C29H33N3O3. The summed E-state index contributed by atoms with van der Waals surface area (Å²) in [7, 11) is 0. The number of H-pyrrole nitrogens is 2. The molecule has 2 heterocycles. The van der Waals surface area contributed by atoms with Crippen molar-refractivity contribution < 1.29 is 14.3 Å². The van der Waals surface area contributed by atoms with E-state index in [4.69, 9.17) is 9.47 Å². The van der Waals surface area contributed by atoms with Crippen molar-refractivity contribution in [3.8, 4) is 5.75 Å². The van der Waals surface area contributed by atoms with Gasteiger partial charge in [0.05, 0.1) is 23.2 Å². The van der Waals surface area contributed by atoms with Crippen LogP contribution in [0.15, 0.2) is 42.5 Å². The topological polar surface area (TPSA) is 70.4 Å². The molecule has 0 fully saturated rings. The smallest absolute Gasteiger partial charge is 0.338 e. The zero-order chi connectivity index (χ0) is 24.5. The Balaban J connectivity index is 1.73. The van der Waals surface area contributed by atoms with E-state index in [1.54, 1.807) is 0 Å². The van der Waals surface area contributed by atoms with Gasteiger partial charge in [0, 0.05) is 39.1 Å².